The number of carboxylic acid groups (broad SMARTS) is 1. The fourth-order valence-corrected chi connectivity index (χ4v) is 3.67. The lowest BCUT2D eigenvalue weighted by Gasteiger charge is -2.21. The highest BCUT2D eigenvalue weighted by atomic mass is 16.5. The Morgan fingerprint density at radius 2 is 1.74 bits per heavy atom. The van der Waals surface area contributed by atoms with Crippen molar-refractivity contribution in [2.45, 2.75) is 13.0 Å². The minimum absolute atomic E-state index is 0. The van der Waals surface area contributed by atoms with Crippen LogP contribution in [0.15, 0.2) is 41.4 Å². The number of aliphatic carboxylic acids is 1. The van der Waals surface area contributed by atoms with Gasteiger partial charge in [0.15, 0.2) is 28.8 Å². The van der Waals surface area contributed by atoms with Crippen molar-refractivity contribution in [2.75, 3.05) is 55.6 Å². The van der Waals surface area contributed by atoms with Crippen LogP contribution in [0.25, 0.3) is 0 Å². The number of carbonyl (C=O) groups excluding carboxylic acids is 2. The molecule has 1 heterocycles. The number of benzene rings is 1. The number of carbonyl (C=O) groups is 2. The van der Waals surface area contributed by atoms with Gasteiger partial charge in [-0.3, -0.25) is 4.79 Å². The SMILES string of the molecule is COC1=CC(C(=O)[O-])C(=O)C2=C1O[C@H](c1ccc(OC)c(OC)c1)[C@H]2C.C[N+](C)(C)CCO.O. The Kier molecular flexibility index (Phi) is 10.1. The van der Waals surface area contributed by atoms with Gasteiger partial charge < -0.3 is 43.9 Å². The van der Waals surface area contributed by atoms with Crippen molar-refractivity contribution in [1.29, 1.82) is 0 Å². The Morgan fingerprint density at radius 1 is 1.12 bits per heavy atom. The molecule has 0 amide bonds. The van der Waals surface area contributed by atoms with E-state index in [9.17, 15) is 14.7 Å². The van der Waals surface area contributed by atoms with Crippen molar-refractivity contribution in [3.63, 3.8) is 0 Å². The van der Waals surface area contributed by atoms with E-state index in [1.807, 2.05) is 13.0 Å². The van der Waals surface area contributed by atoms with Crippen LogP contribution in [-0.2, 0) is 19.1 Å². The van der Waals surface area contributed by atoms with Crippen LogP contribution in [0.4, 0.5) is 0 Å². The number of likely N-dealkylation sites (N-methyl/N-ethyl adjacent to an activating group) is 1. The van der Waals surface area contributed by atoms with E-state index in [2.05, 4.69) is 21.1 Å². The highest BCUT2D eigenvalue weighted by Crippen LogP contribution is 2.48. The Labute approximate surface area is 199 Å². The van der Waals surface area contributed by atoms with Crippen LogP contribution < -0.4 is 14.6 Å². The number of aliphatic hydroxyl groups excluding tert-OH is 1. The molecule has 2 aliphatic rings. The summed E-state index contributed by atoms with van der Waals surface area (Å²) in [5.74, 6) is -2.12. The lowest BCUT2D eigenvalue weighted by atomic mass is 9.82. The van der Waals surface area contributed by atoms with Gasteiger partial charge in [-0.25, -0.2) is 0 Å². The van der Waals surface area contributed by atoms with Gasteiger partial charge in [-0.2, -0.15) is 0 Å². The van der Waals surface area contributed by atoms with E-state index in [0.29, 0.717) is 17.1 Å². The van der Waals surface area contributed by atoms with Gasteiger partial charge in [0, 0.05) is 11.5 Å². The number of quaternary nitrogens is 1. The quantitative estimate of drug-likeness (QED) is 0.423. The first-order valence-corrected chi connectivity index (χ1v) is 10.5. The zero-order valence-electron chi connectivity index (χ0n) is 20.7. The number of carboxylic acids is 1. The average Bonchev–Trinajstić information content (AvgIpc) is 3.10. The number of methoxy groups -OCH3 is 3. The summed E-state index contributed by atoms with van der Waals surface area (Å²) >= 11 is 0. The van der Waals surface area contributed by atoms with Gasteiger partial charge in [0.05, 0.1) is 61.0 Å². The molecule has 1 aromatic rings. The zero-order valence-corrected chi connectivity index (χ0v) is 20.7. The topological polar surface area (TPSA) is 146 Å². The minimum atomic E-state index is -1.46. The summed E-state index contributed by atoms with van der Waals surface area (Å²) in [7, 11) is 10.6. The third-order valence-corrected chi connectivity index (χ3v) is 5.47. The Balaban J connectivity index is 0.000000633. The molecule has 0 radical (unpaired) electrons. The molecule has 3 rings (SSSR count). The lowest BCUT2D eigenvalue weighted by molar-refractivity contribution is -0.870. The van der Waals surface area contributed by atoms with Gasteiger partial charge in [0.25, 0.3) is 0 Å². The fourth-order valence-electron chi connectivity index (χ4n) is 3.67. The van der Waals surface area contributed by atoms with Crippen molar-refractivity contribution in [3.8, 4) is 11.5 Å². The first-order chi connectivity index (χ1) is 15.5. The van der Waals surface area contributed by atoms with Crippen LogP contribution in [0.1, 0.15) is 18.6 Å². The predicted molar refractivity (Wildman–Crippen MR) is 122 cm³/mol. The lowest BCUT2D eigenvalue weighted by Crippen LogP contribution is -2.38. The molecule has 34 heavy (non-hydrogen) atoms. The van der Waals surface area contributed by atoms with E-state index in [0.717, 1.165) is 16.6 Å². The molecule has 0 fully saturated rings. The first kappa shape index (κ1) is 29.0. The standard InChI is InChI=1S/C19H20O7.C5H14NO.H2O/c1-9-15-16(20)11(19(21)22)8-14(25-4)18(15)26-17(9)10-5-6-12(23-2)13(7-10)24-3;1-6(2,3)4-5-7;/h5-9,11,17H,1-4H3,(H,21,22);7H,4-5H2,1-3H3;1H2/q;+1;/p-1/t9-,11?,17-;;/m0../s1. The number of hydrogen-bond donors (Lipinski definition) is 1. The molecule has 10 heteroatoms. The molecule has 3 N–H and O–H groups in total. The van der Waals surface area contributed by atoms with E-state index in [4.69, 9.17) is 24.1 Å². The van der Waals surface area contributed by atoms with Crippen molar-refractivity contribution >= 4 is 11.8 Å². The second-order valence-electron chi connectivity index (χ2n) is 8.82. The number of rotatable bonds is 7. The molecule has 1 aromatic carbocycles. The smallest absolute Gasteiger partial charge is 0.175 e. The molecule has 3 atom stereocenters. The van der Waals surface area contributed by atoms with Crippen LogP contribution >= 0.6 is 0 Å². The molecule has 1 aliphatic carbocycles. The molecule has 0 spiro atoms. The molecule has 0 saturated carbocycles. The maximum Gasteiger partial charge on any atom is 0.175 e. The summed E-state index contributed by atoms with van der Waals surface area (Å²) in [5, 5.41) is 19.7. The van der Waals surface area contributed by atoms with Gasteiger partial charge in [0.2, 0.25) is 0 Å². The molecule has 0 bridgehead atoms. The van der Waals surface area contributed by atoms with E-state index in [1.54, 1.807) is 19.2 Å². The van der Waals surface area contributed by atoms with Crippen molar-refractivity contribution in [3.05, 3.63) is 46.9 Å². The highest BCUT2D eigenvalue weighted by Gasteiger charge is 2.44. The van der Waals surface area contributed by atoms with Crippen LogP contribution in [0.3, 0.4) is 0 Å². The number of ketones is 1. The molecule has 1 aliphatic heterocycles. The number of Topliss-reactive ketones (excluding diaryl/α,β-unsaturated/α-hetero) is 1. The molecule has 1 unspecified atom stereocenters. The fraction of sp³-hybridized carbons (Fsp3) is 0.500. The second kappa shape index (κ2) is 11.9. The monoisotopic (exact) mass is 481 g/mol. The largest absolute Gasteiger partial charge is 0.549 e. The van der Waals surface area contributed by atoms with Gasteiger partial charge in [-0.15, -0.1) is 0 Å². The number of nitrogens with zero attached hydrogens (tertiary/aromatic N) is 1. The van der Waals surface area contributed by atoms with Crippen molar-refractivity contribution in [2.24, 2.45) is 11.8 Å². The normalized spacial score (nSPS) is 21.2. The molecule has 10 nitrogen and oxygen atoms in total. The highest BCUT2D eigenvalue weighted by molar-refractivity contribution is 6.11. The Hall–Kier alpha value is -3.08. The van der Waals surface area contributed by atoms with Crippen molar-refractivity contribution < 1.29 is 48.7 Å². The van der Waals surface area contributed by atoms with E-state index in [1.165, 1.54) is 20.3 Å². The third-order valence-electron chi connectivity index (χ3n) is 5.47. The minimum Gasteiger partial charge on any atom is -0.549 e. The van der Waals surface area contributed by atoms with E-state index < -0.39 is 23.8 Å². The van der Waals surface area contributed by atoms with Crippen LogP contribution in [0.5, 0.6) is 11.5 Å². The molecular formula is C24H35NO9. The maximum absolute atomic E-state index is 12.6. The van der Waals surface area contributed by atoms with E-state index >= 15 is 0 Å². The zero-order chi connectivity index (χ0) is 24.9. The van der Waals surface area contributed by atoms with Crippen LogP contribution in [0.2, 0.25) is 0 Å². The van der Waals surface area contributed by atoms with Gasteiger partial charge in [-0.05, 0) is 23.8 Å². The summed E-state index contributed by atoms with van der Waals surface area (Å²) in [6.45, 7) is 2.93. The summed E-state index contributed by atoms with van der Waals surface area (Å²) in [6.07, 6.45) is 0.739. The molecular weight excluding hydrogens is 446 g/mol. The number of ether oxygens (including phenoxy) is 4. The third kappa shape index (κ3) is 6.28. The molecule has 0 aromatic heterocycles. The van der Waals surface area contributed by atoms with Gasteiger partial charge >= 0.3 is 0 Å². The number of hydrogen-bond acceptors (Lipinski definition) is 8. The van der Waals surface area contributed by atoms with Crippen molar-refractivity contribution in [1.82, 2.24) is 0 Å². The maximum atomic E-state index is 12.6. The average molecular weight is 482 g/mol. The van der Waals surface area contributed by atoms with E-state index in [-0.39, 0.29) is 29.5 Å². The van der Waals surface area contributed by atoms with Crippen LogP contribution in [-0.4, -0.2) is 82.4 Å². The van der Waals surface area contributed by atoms with Crippen LogP contribution in [0, 0.1) is 11.8 Å². The summed E-state index contributed by atoms with van der Waals surface area (Å²) in [4.78, 5) is 23.9. The molecule has 0 saturated heterocycles. The summed E-state index contributed by atoms with van der Waals surface area (Å²) in [5.41, 5.74) is 1.08. The van der Waals surface area contributed by atoms with Gasteiger partial charge in [-0.1, -0.05) is 13.0 Å². The first-order valence-electron chi connectivity index (χ1n) is 10.5. The second-order valence-corrected chi connectivity index (χ2v) is 8.82. The summed E-state index contributed by atoms with van der Waals surface area (Å²) < 4.78 is 22.6. The Bertz CT molecular complexity index is 946. The number of aliphatic hydroxyl groups is 1. The van der Waals surface area contributed by atoms with Gasteiger partial charge in [0.1, 0.15) is 12.6 Å². The molecule has 190 valence electrons. The Morgan fingerprint density at radius 3 is 2.18 bits per heavy atom. The predicted octanol–water partition coefficient (Wildman–Crippen LogP) is 0.00460. The summed E-state index contributed by atoms with van der Waals surface area (Å²) in [6, 6.07) is 5.34.